The van der Waals surface area contributed by atoms with Gasteiger partial charge >= 0.3 is 0 Å². The SMILES string of the molecule is Cn1cc(C(=O)N2CC(N(CC3CC3)C3CCOCC3)C2)cn1. The van der Waals surface area contributed by atoms with E-state index in [1.165, 1.54) is 19.4 Å². The van der Waals surface area contributed by atoms with Crippen molar-refractivity contribution in [1.29, 1.82) is 0 Å². The minimum absolute atomic E-state index is 0.118. The number of hydrogen-bond donors (Lipinski definition) is 0. The standard InChI is InChI=1S/C17H26N4O2/c1-19-10-14(8-18-19)17(22)20-11-16(12-20)21(9-13-2-3-13)15-4-6-23-7-5-15/h8,10,13,15-16H,2-7,9,11-12H2,1H3. The van der Waals surface area contributed by atoms with Gasteiger partial charge in [-0.3, -0.25) is 14.4 Å². The van der Waals surface area contributed by atoms with Crippen LogP contribution >= 0.6 is 0 Å². The van der Waals surface area contributed by atoms with Crippen molar-refractivity contribution in [3.63, 3.8) is 0 Å². The Morgan fingerprint density at radius 3 is 2.61 bits per heavy atom. The lowest BCUT2D eigenvalue weighted by atomic mass is 9.99. The van der Waals surface area contributed by atoms with Crippen LogP contribution in [0.4, 0.5) is 0 Å². The van der Waals surface area contributed by atoms with E-state index >= 15 is 0 Å². The predicted octanol–water partition coefficient (Wildman–Crippen LogP) is 1.14. The van der Waals surface area contributed by atoms with Gasteiger partial charge in [-0.1, -0.05) is 0 Å². The van der Waals surface area contributed by atoms with Crippen LogP contribution in [-0.2, 0) is 11.8 Å². The van der Waals surface area contributed by atoms with Crippen molar-refractivity contribution < 1.29 is 9.53 Å². The number of carbonyl (C=O) groups excluding carboxylic acids is 1. The van der Waals surface area contributed by atoms with Gasteiger partial charge in [-0.05, 0) is 31.6 Å². The van der Waals surface area contributed by atoms with Crippen LogP contribution < -0.4 is 0 Å². The summed E-state index contributed by atoms with van der Waals surface area (Å²) in [5.74, 6) is 1.01. The van der Waals surface area contributed by atoms with E-state index in [0.717, 1.165) is 45.1 Å². The monoisotopic (exact) mass is 318 g/mol. The van der Waals surface area contributed by atoms with Crippen molar-refractivity contribution in [1.82, 2.24) is 19.6 Å². The summed E-state index contributed by atoms with van der Waals surface area (Å²) in [4.78, 5) is 17.1. The third-order valence-corrected chi connectivity index (χ3v) is 5.40. The molecule has 0 radical (unpaired) electrons. The molecule has 1 aromatic rings. The van der Waals surface area contributed by atoms with Gasteiger partial charge in [-0.25, -0.2) is 0 Å². The maximum Gasteiger partial charge on any atom is 0.257 e. The molecule has 0 N–H and O–H groups in total. The Kier molecular flexibility index (Phi) is 4.11. The van der Waals surface area contributed by atoms with Gasteiger partial charge in [0, 0.05) is 58.2 Å². The Bertz CT molecular complexity index is 557. The highest BCUT2D eigenvalue weighted by Gasteiger charge is 2.40. The first-order valence-corrected chi connectivity index (χ1v) is 8.82. The average molecular weight is 318 g/mol. The summed E-state index contributed by atoms with van der Waals surface area (Å²) >= 11 is 0. The molecule has 23 heavy (non-hydrogen) atoms. The fourth-order valence-electron chi connectivity index (χ4n) is 3.76. The van der Waals surface area contributed by atoms with E-state index in [2.05, 4.69) is 10.00 Å². The molecule has 6 heteroatoms. The number of rotatable bonds is 5. The Balaban J connectivity index is 1.36. The molecule has 0 spiro atoms. The number of nitrogens with zero attached hydrogens (tertiary/aromatic N) is 4. The second kappa shape index (κ2) is 6.24. The van der Waals surface area contributed by atoms with Crippen molar-refractivity contribution in [2.45, 2.75) is 37.8 Å². The highest BCUT2D eigenvalue weighted by molar-refractivity contribution is 5.94. The summed E-state index contributed by atoms with van der Waals surface area (Å²) in [6.45, 7) is 4.70. The maximum atomic E-state index is 12.5. The molecular weight excluding hydrogens is 292 g/mol. The number of likely N-dealkylation sites (tertiary alicyclic amines) is 1. The zero-order chi connectivity index (χ0) is 15.8. The maximum absolute atomic E-state index is 12.5. The van der Waals surface area contributed by atoms with Gasteiger partial charge in [0.15, 0.2) is 0 Å². The summed E-state index contributed by atoms with van der Waals surface area (Å²) in [7, 11) is 1.85. The van der Waals surface area contributed by atoms with E-state index in [0.29, 0.717) is 17.6 Å². The van der Waals surface area contributed by atoms with Crippen LogP contribution in [0.15, 0.2) is 12.4 Å². The lowest BCUT2D eigenvalue weighted by Gasteiger charge is -2.49. The second-order valence-corrected chi connectivity index (χ2v) is 7.25. The molecular formula is C17H26N4O2. The van der Waals surface area contributed by atoms with Crippen molar-refractivity contribution >= 4 is 5.91 Å². The van der Waals surface area contributed by atoms with Gasteiger partial charge in [0.2, 0.25) is 0 Å². The van der Waals surface area contributed by atoms with Crippen molar-refractivity contribution in [3.8, 4) is 0 Å². The van der Waals surface area contributed by atoms with Crippen LogP contribution in [0.1, 0.15) is 36.0 Å². The number of hydrogen-bond acceptors (Lipinski definition) is 4. The fraction of sp³-hybridized carbons (Fsp3) is 0.765. The fourth-order valence-corrected chi connectivity index (χ4v) is 3.76. The molecule has 6 nitrogen and oxygen atoms in total. The van der Waals surface area contributed by atoms with Gasteiger partial charge in [0.25, 0.3) is 5.91 Å². The summed E-state index contributed by atoms with van der Waals surface area (Å²) in [6.07, 6.45) is 8.50. The number of aromatic nitrogens is 2. The van der Waals surface area contributed by atoms with Crippen molar-refractivity contribution in [2.75, 3.05) is 32.8 Å². The minimum Gasteiger partial charge on any atom is -0.381 e. The van der Waals surface area contributed by atoms with Gasteiger partial charge < -0.3 is 9.64 Å². The molecule has 2 aliphatic heterocycles. The molecule has 2 saturated heterocycles. The van der Waals surface area contributed by atoms with Gasteiger partial charge in [0.1, 0.15) is 0 Å². The molecule has 0 bridgehead atoms. The van der Waals surface area contributed by atoms with Gasteiger partial charge in [-0.15, -0.1) is 0 Å². The molecule has 126 valence electrons. The zero-order valence-corrected chi connectivity index (χ0v) is 13.9. The lowest BCUT2D eigenvalue weighted by molar-refractivity contribution is -0.0267. The lowest BCUT2D eigenvalue weighted by Crippen LogP contribution is -2.63. The van der Waals surface area contributed by atoms with Crippen molar-refractivity contribution in [2.24, 2.45) is 13.0 Å². The second-order valence-electron chi connectivity index (χ2n) is 7.25. The number of aryl methyl sites for hydroxylation is 1. The molecule has 3 heterocycles. The molecule has 4 rings (SSSR count). The third kappa shape index (κ3) is 3.28. The number of carbonyl (C=O) groups is 1. The smallest absolute Gasteiger partial charge is 0.257 e. The van der Waals surface area contributed by atoms with E-state index < -0.39 is 0 Å². The molecule has 1 aromatic heterocycles. The third-order valence-electron chi connectivity index (χ3n) is 5.40. The minimum atomic E-state index is 0.118. The first-order valence-electron chi connectivity index (χ1n) is 8.82. The molecule has 3 aliphatic rings. The Hall–Kier alpha value is -1.40. The zero-order valence-electron chi connectivity index (χ0n) is 13.9. The van der Waals surface area contributed by atoms with Gasteiger partial charge in [0.05, 0.1) is 11.8 Å². The van der Waals surface area contributed by atoms with Crippen LogP contribution in [0.2, 0.25) is 0 Å². The topological polar surface area (TPSA) is 50.6 Å². The molecule has 3 fully saturated rings. The van der Waals surface area contributed by atoms with E-state index in [4.69, 9.17) is 4.74 Å². The summed E-state index contributed by atoms with van der Waals surface area (Å²) < 4.78 is 7.21. The largest absolute Gasteiger partial charge is 0.381 e. The van der Waals surface area contributed by atoms with Gasteiger partial charge in [-0.2, -0.15) is 5.10 Å². The van der Waals surface area contributed by atoms with Crippen molar-refractivity contribution in [3.05, 3.63) is 18.0 Å². The Labute approximate surface area is 137 Å². The number of ether oxygens (including phenoxy) is 1. The molecule has 1 amide bonds. The molecule has 0 unspecified atom stereocenters. The van der Waals surface area contributed by atoms with Crippen LogP contribution in [0.3, 0.4) is 0 Å². The predicted molar refractivity (Wildman–Crippen MR) is 86.2 cm³/mol. The van der Waals surface area contributed by atoms with Crippen LogP contribution in [0.5, 0.6) is 0 Å². The first kappa shape index (κ1) is 15.1. The van der Waals surface area contributed by atoms with Crippen LogP contribution in [0, 0.1) is 5.92 Å². The molecule has 0 atom stereocenters. The molecule has 0 aromatic carbocycles. The summed E-state index contributed by atoms with van der Waals surface area (Å²) in [5, 5.41) is 4.10. The molecule has 1 saturated carbocycles. The molecule has 1 aliphatic carbocycles. The normalized spacial score (nSPS) is 23.3. The Morgan fingerprint density at radius 1 is 1.26 bits per heavy atom. The van der Waals surface area contributed by atoms with E-state index in [1.807, 2.05) is 11.9 Å². The van der Waals surface area contributed by atoms with E-state index in [-0.39, 0.29) is 5.91 Å². The van der Waals surface area contributed by atoms with Crippen LogP contribution in [0.25, 0.3) is 0 Å². The summed E-state index contributed by atoms with van der Waals surface area (Å²) in [5.41, 5.74) is 0.700. The highest BCUT2D eigenvalue weighted by Crippen LogP contribution is 2.34. The number of amides is 1. The van der Waals surface area contributed by atoms with Crippen LogP contribution in [-0.4, -0.2) is 70.4 Å². The summed E-state index contributed by atoms with van der Waals surface area (Å²) in [6, 6.07) is 1.17. The van der Waals surface area contributed by atoms with E-state index in [9.17, 15) is 4.79 Å². The average Bonchev–Trinajstić information content (AvgIpc) is 3.24. The van der Waals surface area contributed by atoms with E-state index in [1.54, 1.807) is 17.1 Å². The highest BCUT2D eigenvalue weighted by atomic mass is 16.5. The quantitative estimate of drug-likeness (QED) is 0.817. The first-order chi connectivity index (χ1) is 11.2. The Morgan fingerprint density at radius 2 is 2.00 bits per heavy atom.